The third-order valence-corrected chi connectivity index (χ3v) is 4.62. The van der Waals surface area contributed by atoms with E-state index in [1.807, 2.05) is 16.8 Å². The lowest BCUT2D eigenvalue weighted by Crippen LogP contribution is -2.43. The highest BCUT2D eigenvalue weighted by Gasteiger charge is 2.25. The van der Waals surface area contributed by atoms with Crippen LogP contribution in [0.1, 0.15) is 24.8 Å². The number of rotatable bonds is 7. The smallest absolute Gasteiger partial charge is 0.224 e. The molecule has 2 aromatic rings. The Morgan fingerprint density at radius 2 is 2.32 bits per heavy atom. The minimum absolute atomic E-state index is 0.0237. The first-order valence-electron chi connectivity index (χ1n) is 8.91. The highest BCUT2D eigenvalue weighted by atomic mass is 19.1. The maximum atomic E-state index is 13.3. The molecule has 25 heavy (non-hydrogen) atoms. The summed E-state index contributed by atoms with van der Waals surface area (Å²) in [6, 6.07) is 6.70. The minimum Gasteiger partial charge on any atom is -0.356 e. The molecule has 1 aliphatic heterocycles. The van der Waals surface area contributed by atoms with Crippen molar-refractivity contribution >= 4 is 5.91 Å². The Labute approximate surface area is 147 Å². The van der Waals surface area contributed by atoms with E-state index in [0.29, 0.717) is 13.1 Å². The van der Waals surface area contributed by atoms with Crippen molar-refractivity contribution in [2.45, 2.75) is 32.4 Å². The van der Waals surface area contributed by atoms with E-state index in [1.165, 1.54) is 6.07 Å². The summed E-state index contributed by atoms with van der Waals surface area (Å²) in [6.07, 6.45) is 8.28. The summed E-state index contributed by atoms with van der Waals surface area (Å²) >= 11 is 0. The number of nitrogens with one attached hydrogen (secondary N) is 1. The zero-order chi connectivity index (χ0) is 17.5. The van der Waals surface area contributed by atoms with Crippen molar-refractivity contribution in [3.05, 3.63) is 54.4 Å². The number of hydrogen-bond donors (Lipinski definition) is 1. The molecule has 1 fully saturated rings. The van der Waals surface area contributed by atoms with Gasteiger partial charge in [0.05, 0.1) is 12.2 Å². The average Bonchev–Trinajstić information content (AvgIpc) is 3.12. The summed E-state index contributed by atoms with van der Waals surface area (Å²) in [5.74, 6) is -0.0492. The van der Waals surface area contributed by atoms with Crippen LogP contribution in [0.5, 0.6) is 0 Å². The molecule has 1 saturated heterocycles. The molecular formula is C19H25FN4O. The number of amides is 1. The number of piperidine rings is 1. The van der Waals surface area contributed by atoms with Crippen LogP contribution >= 0.6 is 0 Å². The largest absolute Gasteiger partial charge is 0.356 e. The first-order valence-corrected chi connectivity index (χ1v) is 8.91. The van der Waals surface area contributed by atoms with E-state index in [4.69, 9.17) is 0 Å². The van der Waals surface area contributed by atoms with Crippen molar-refractivity contribution in [2.24, 2.45) is 5.92 Å². The zero-order valence-electron chi connectivity index (χ0n) is 14.4. The van der Waals surface area contributed by atoms with Gasteiger partial charge < -0.3 is 9.88 Å². The molecule has 0 bridgehead atoms. The standard InChI is InChI=1S/C19H25FN4O/c20-18-6-1-4-16(12-18)13-24-9-2-5-17(14-24)19(25)22-7-3-10-23-11-8-21-15-23/h1,4,6,8,11-12,15,17H,2-3,5,7,9-10,13-14H2,(H,22,25)/t17-/m1/s1. The van der Waals surface area contributed by atoms with Crippen molar-refractivity contribution in [1.82, 2.24) is 19.8 Å². The van der Waals surface area contributed by atoms with Crippen LogP contribution < -0.4 is 5.32 Å². The predicted octanol–water partition coefficient (Wildman–Crippen LogP) is 2.44. The van der Waals surface area contributed by atoms with Crippen LogP contribution in [-0.2, 0) is 17.9 Å². The van der Waals surface area contributed by atoms with Gasteiger partial charge in [-0.1, -0.05) is 12.1 Å². The fourth-order valence-corrected chi connectivity index (χ4v) is 3.34. The summed E-state index contributed by atoms with van der Waals surface area (Å²) in [7, 11) is 0. The monoisotopic (exact) mass is 344 g/mol. The van der Waals surface area contributed by atoms with Gasteiger partial charge in [-0.2, -0.15) is 0 Å². The van der Waals surface area contributed by atoms with Gasteiger partial charge in [0, 0.05) is 38.6 Å². The number of halogens is 1. The van der Waals surface area contributed by atoms with Crippen LogP contribution in [0.2, 0.25) is 0 Å². The lowest BCUT2D eigenvalue weighted by molar-refractivity contribution is -0.126. The SMILES string of the molecule is O=C(NCCCn1ccnc1)[C@@H]1CCCN(Cc2cccc(F)c2)C1. The first kappa shape index (κ1) is 17.6. The Balaban J connectivity index is 1.41. The van der Waals surface area contributed by atoms with E-state index < -0.39 is 0 Å². The molecule has 2 heterocycles. The van der Waals surface area contributed by atoms with E-state index in [9.17, 15) is 9.18 Å². The lowest BCUT2D eigenvalue weighted by Gasteiger charge is -2.32. The molecule has 0 spiro atoms. The quantitative estimate of drug-likeness (QED) is 0.785. The molecule has 0 unspecified atom stereocenters. The number of benzene rings is 1. The van der Waals surface area contributed by atoms with Crippen LogP contribution in [0.3, 0.4) is 0 Å². The molecule has 1 aromatic heterocycles. The number of carbonyl (C=O) groups is 1. The summed E-state index contributed by atoms with van der Waals surface area (Å²) in [5, 5.41) is 3.05. The summed E-state index contributed by atoms with van der Waals surface area (Å²) < 4.78 is 15.3. The van der Waals surface area contributed by atoms with Crippen LogP contribution in [0, 0.1) is 11.7 Å². The van der Waals surface area contributed by atoms with E-state index in [0.717, 1.165) is 44.5 Å². The molecule has 1 N–H and O–H groups in total. The van der Waals surface area contributed by atoms with E-state index >= 15 is 0 Å². The normalized spacial score (nSPS) is 18.2. The Hall–Kier alpha value is -2.21. The molecule has 1 amide bonds. The lowest BCUT2D eigenvalue weighted by atomic mass is 9.96. The van der Waals surface area contributed by atoms with Crippen LogP contribution in [-0.4, -0.2) is 40.0 Å². The summed E-state index contributed by atoms with van der Waals surface area (Å²) in [6.45, 7) is 3.93. The summed E-state index contributed by atoms with van der Waals surface area (Å²) in [4.78, 5) is 18.6. The number of likely N-dealkylation sites (tertiary alicyclic amines) is 1. The minimum atomic E-state index is -0.207. The molecule has 5 nitrogen and oxygen atoms in total. The van der Waals surface area contributed by atoms with Gasteiger partial charge >= 0.3 is 0 Å². The molecule has 3 rings (SSSR count). The van der Waals surface area contributed by atoms with Gasteiger partial charge in [0.1, 0.15) is 5.82 Å². The van der Waals surface area contributed by atoms with Crippen molar-refractivity contribution in [3.8, 4) is 0 Å². The zero-order valence-corrected chi connectivity index (χ0v) is 14.4. The molecule has 0 aliphatic carbocycles. The third-order valence-electron chi connectivity index (χ3n) is 4.62. The van der Waals surface area contributed by atoms with Crippen molar-refractivity contribution in [1.29, 1.82) is 0 Å². The Morgan fingerprint density at radius 1 is 1.40 bits per heavy atom. The van der Waals surface area contributed by atoms with Gasteiger partial charge in [0.25, 0.3) is 0 Å². The highest BCUT2D eigenvalue weighted by Crippen LogP contribution is 2.19. The van der Waals surface area contributed by atoms with Crippen LogP contribution in [0.15, 0.2) is 43.0 Å². The second-order valence-corrected chi connectivity index (χ2v) is 6.65. The van der Waals surface area contributed by atoms with Gasteiger partial charge in [0.2, 0.25) is 5.91 Å². The first-order chi connectivity index (χ1) is 12.2. The molecule has 1 atom stereocenters. The molecule has 6 heteroatoms. The molecule has 1 aromatic carbocycles. The van der Waals surface area contributed by atoms with Crippen molar-refractivity contribution in [2.75, 3.05) is 19.6 Å². The van der Waals surface area contributed by atoms with Gasteiger partial charge in [-0.3, -0.25) is 9.69 Å². The topological polar surface area (TPSA) is 50.2 Å². The molecular weight excluding hydrogens is 319 g/mol. The summed E-state index contributed by atoms with van der Waals surface area (Å²) in [5.41, 5.74) is 0.960. The second-order valence-electron chi connectivity index (χ2n) is 6.65. The molecule has 0 saturated carbocycles. The Morgan fingerprint density at radius 3 is 3.12 bits per heavy atom. The van der Waals surface area contributed by atoms with Crippen LogP contribution in [0.25, 0.3) is 0 Å². The average molecular weight is 344 g/mol. The van der Waals surface area contributed by atoms with Crippen LogP contribution in [0.4, 0.5) is 4.39 Å². The van der Waals surface area contributed by atoms with Gasteiger partial charge in [-0.25, -0.2) is 9.37 Å². The maximum Gasteiger partial charge on any atom is 0.224 e. The molecule has 0 radical (unpaired) electrons. The van der Waals surface area contributed by atoms with Gasteiger partial charge in [0.15, 0.2) is 0 Å². The van der Waals surface area contributed by atoms with E-state index in [1.54, 1.807) is 24.7 Å². The molecule has 134 valence electrons. The second kappa shape index (κ2) is 8.76. The predicted molar refractivity (Wildman–Crippen MR) is 94.3 cm³/mol. The number of nitrogens with zero attached hydrogens (tertiary/aromatic N) is 3. The van der Waals surface area contributed by atoms with Crippen molar-refractivity contribution < 1.29 is 9.18 Å². The fraction of sp³-hybridized carbons (Fsp3) is 0.474. The number of hydrogen-bond acceptors (Lipinski definition) is 3. The highest BCUT2D eigenvalue weighted by molar-refractivity contribution is 5.78. The fourth-order valence-electron chi connectivity index (χ4n) is 3.34. The number of aromatic nitrogens is 2. The van der Waals surface area contributed by atoms with Crippen molar-refractivity contribution in [3.63, 3.8) is 0 Å². The molecule has 1 aliphatic rings. The number of aryl methyl sites for hydroxylation is 1. The number of imidazole rings is 1. The Bertz CT molecular complexity index is 674. The maximum absolute atomic E-state index is 13.3. The third kappa shape index (κ3) is 5.39. The van der Waals surface area contributed by atoms with Gasteiger partial charge in [-0.05, 0) is 43.5 Å². The van der Waals surface area contributed by atoms with E-state index in [2.05, 4.69) is 15.2 Å². The number of carbonyl (C=O) groups excluding carboxylic acids is 1. The Kier molecular flexibility index (Phi) is 6.17. The van der Waals surface area contributed by atoms with Gasteiger partial charge in [-0.15, -0.1) is 0 Å². The van der Waals surface area contributed by atoms with E-state index in [-0.39, 0.29) is 17.6 Å².